The van der Waals surface area contributed by atoms with Gasteiger partial charge in [0.05, 0.1) is 12.0 Å². The van der Waals surface area contributed by atoms with Crippen LogP contribution in [0.3, 0.4) is 0 Å². The third kappa shape index (κ3) is 4.49. The van der Waals surface area contributed by atoms with Crippen molar-refractivity contribution in [2.24, 2.45) is 0 Å². The van der Waals surface area contributed by atoms with Crippen LogP contribution >= 0.6 is 0 Å². The fourth-order valence-corrected chi connectivity index (χ4v) is 1.69. The number of hydrogen-bond donors (Lipinski definition) is 2. The van der Waals surface area contributed by atoms with Crippen molar-refractivity contribution in [2.45, 2.75) is 58.3 Å². The molecule has 0 unspecified atom stereocenters. The molecule has 0 saturated heterocycles. The summed E-state index contributed by atoms with van der Waals surface area (Å²) in [4.78, 5) is 15.8. The van der Waals surface area contributed by atoms with Gasteiger partial charge in [-0.25, -0.2) is 4.98 Å². The summed E-state index contributed by atoms with van der Waals surface area (Å²) in [6.45, 7) is 5.70. The molecule has 0 spiro atoms. The predicted octanol–water partition coefficient (Wildman–Crippen LogP) is 1.05. The third-order valence-corrected chi connectivity index (χ3v) is 2.92. The highest BCUT2D eigenvalue weighted by molar-refractivity contribution is 5.76. The van der Waals surface area contributed by atoms with Gasteiger partial charge in [0.1, 0.15) is 0 Å². The summed E-state index contributed by atoms with van der Waals surface area (Å²) in [6, 6.07) is 0.908. The summed E-state index contributed by atoms with van der Waals surface area (Å²) >= 11 is 0. The Morgan fingerprint density at radius 3 is 3.00 bits per heavy atom. The average Bonchev–Trinajstić information content (AvgIpc) is 3.01. The summed E-state index contributed by atoms with van der Waals surface area (Å²) in [6.07, 6.45) is 6.61. The van der Waals surface area contributed by atoms with Gasteiger partial charge in [-0.15, -0.1) is 0 Å². The van der Waals surface area contributed by atoms with Gasteiger partial charge in [0.2, 0.25) is 5.91 Å². The van der Waals surface area contributed by atoms with Crippen LogP contribution in [0.5, 0.6) is 0 Å². The molecule has 1 aromatic heterocycles. The van der Waals surface area contributed by atoms with E-state index in [1.165, 1.54) is 0 Å². The molecule has 100 valence electrons. The van der Waals surface area contributed by atoms with Gasteiger partial charge in [-0.1, -0.05) is 13.8 Å². The van der Waals surface area contributed by atoms with Crippen LogP contribution in [0.15, 0.2) is 12.5 Å². The predicted molar refractivity (Wildman–Crippen MR) is 70.0 cm³/mol. The van der Waals surface area contributed by atoms with Gasteiger partial charge >= 0.3 is 0 Å². The number of amides is 1. The Balaban J connectivity index is 1.70. The van der Waals surface area contributed by atoms with Crippen molar-refractivity contribution < 1.29 is 4.79 Å². The summed E-state index contributed by atoms with van der Waals surface area (Å²) in [5.41, 5.74) is 1.02. The zero-order valence-corrected chi connectivity index (χ0v) is 11.1. The number of aryl methyl sites for hydroxylation is 1. The van der Waals surface area contributed by atoms with E-state index in [0.29, 0.717) is 25.0 Å². The van der Waals surface area contributed by atoms with Gasteiger partial charge in [0.25, 0.3) is 0 Å². The minimum absolute atomic E-state index is 0.146. The number of hydrogen-bond acceptors (Lipinski definition) is 3. The van der Waals surface area contributed by atoms with Crippen LogP contribution in [0.4, 0.5) is 0 Å². The fraction of sp³-hybridized carbons (Fsp3) is 0.692. The highest BCUT2D eigenvalue weighted by Gasteiger charge is 2.22. The Morgan fingerprint density at radius 1 is 1.56 bits per heavy atom. The molecular formula is C13H22N4O. The molecule has 1 aliphatic carbocycles. The molecule has 1 fully saturated rings. The number of carbonyl (C=O) groups is 1. The fourth-order valence-electron chi connectivity index (χ4n) is 1.69. The summed E-state index contributed by atoms with van der Waals surface area (Å²) in [5, 5.41) is 6.31. The van der Waals surface area contributed by atoms with Gasteiger partial charge < -0.3 is 15.2 Å². The molecule has 0 atom stereocenters. The Bertz CT molecular complexity index is 395. The molecule has 1 saturated carbocycles. The van der Waals surface area contributed by atoms with Crippen LogP contribution in [0.2, 0.25) is 0 Å². The van der Waals surface area contributed by atoms with Crippen LogP contribution < -0.4 is 10.6 Å². The van der Waals surface area contributed by atoms with Crippen molar-refractivity contribution in [1.29, 1.82) is 0 Å². The topological polar surface area (TPSA) is 59.0 Å². The molecule has 0 radical (unpaired) electrons. The van der Waals surface area contributed by atoms with Crippen molar-refractivity contribution >= 4 is 5.91 Å². The van der Waals surface area contributed by atoms with Gasteiger partial charge in [0.15, 0.2) is 0 Å². The lowest BCUT2D eigenvalue weighted by atomic mass is 10.3. The highest BCUT2D eigenvalue weighted by Crippen LogP contribution is 2.18. The van der Waals surface area contributed by atoms with Crippen LogP contribution in [0.25, 0.3) is 0 Å². The van der Waals surface area contributed by atoms with Gasteiger partial charge in [-0.3, -0.25) is 4.79 Å². The molecule has 0 aromatic carbocycles. The van der Waals surface area contributed by atoms with Crippen LogP contribution in [-0.4, -0.2) is 27.5 Å². The lowest BCUT2D eigenvalue weighted by Gasteiger charge is -2.05. The van der Waals surface area contributed by atoms with Gasteiger partial charge in [-0.2, -0.15) is 0 Å². The standard InChI is InChI=1S/C13H22N4O/c1-10(2)14-7-12-8-17(9-15-12)6-5-13(18)16-11-3-4-11/h8-11,14H,3-7H2,1-2H3,(H,16,18). The van der Waals surface area contributed by atoms with Crippen molar-refractivity contribution in [3.8, 4) is 0 Å². The Morgan fingerprint density at radius 2 is 2.33 bits per heavy atom. The Kier molecular flexibility index (Phi) is 4.36. The van der Waals surface area contributed by atoms with E-state index in [0.717, 1.165) is 25.1 Å². The highest BCUT2D eigenvalue weighted by atomic mass is 16.1. The molecule has 1 aliphatic rings. The zero-order chi connectivity index (χ0) is 13.0. The maximum atomic E-state index is 11.5. The molecule has 1 aromatic rings. The van der Waals surface area contributed by atoms with E-state index in [9.17, 15) is 4.79 Å². The average molecular weight is 250 g/mol. The second-order valence-corrected chi connectivity index (χ2v) is 5.23. The van der Waals surface area contributed by atoms with Crippen LogP contribution in [-0.2, 0) is 17.9 Å². The summed E-state index contributed by atoms with van der Waals surface area (Å²) in [7, 11) is 0. The summed E-state index contributed by atoms with van der Waals surface area (Å²) in [5.74, 6) is 0.146. The minimum atomic E-state index is 0.146. The molecule has 1 heterocycles. The number of nitrogens with zero attached hydrogens (tertiary/aromatic N) is 2. The number of carbonyl (C=O) groups excluding carboxylic acids is 1. The second kappa shape index (κ2) is 6.00. The molecular weight excluding hydrogens is 228 g/mol. The van der Waals surface area contributed by atoms with Gasteiger partial charge in [-0.05, 0) is 12.8 Å². The van der Waals surface area contributed by atoms with E-state index in [1.54, 1.807) is 6.33 Å². The van der Waals surface area contributed by atoms with E-state index in [4.69, 9.17) is 0 Å². The number of aromatic nitrogens is 2. The largest absolute Gasteiger partial charge is 0.353 e. The molecule has 2 N–H and O–H groups in total. The van der Waals surface area contributed by atoms with E-state index < -0.39 is 0 Å². The third-order valence-electron chi connectivity index (χ3n) is 2.92. The SMILES string of the molecule is CC(C)NCc1cn(CCC(=O)NC2CC2)cn1. The molecule has 5 nitrogen and oxygen atoms in total. The molecule has 0 aliphatic heterocycles. The molecule has 5 heteroatoms. The lowest BCUT2D eigenvalue weighted by Crippen LogP contribution is -2.26. The first-order valence-electron chi connectivity index (χ1n) is 6.67. The summed E-state index contributed by atoms with van der Waals surface area (Å²) < 4.78 is 1.98. The Labute approximate surface area is 108 Å². The van der Waals surface area contributed by atoms with Crippen molar-refractivity contribution in [1.82, 2.24) is 20.2 Å². The first kappa shape index (κ1) is 13.1. The van der Waals surface area contributed by atoms with Crippen molar-refractivity contribution in [2.75, 3.05) is 0 Å². The van der Waals surface area contributed by atoms with Crippen LogP contribution in [0.1, 0.15) is 38.8 Å². The smallest absolute Gasteiger partial charge is 0.222 e. The van der Waals surface area contributed by atoms with Crippen molar-refractivity contribution in [3.63, 3.8) is 0 Å². The van der Waals surface area contributed by atoms with E-state index >= 15 is 0 Å². The zero-order valence-electron chi connectivity index (χ0n) is 11.1. The number of rotatable bonds is 7. The number of nitrogens with one attached hydrogen (secondary N) is 2. The monoisotopic (exact) mass is 250 g/mol. The first-order chi connectivity index (χ1) is 8.63. The first-order valence-corrected chi connectivity index (χ1v) is 6.67. The minimum Gasteiger partial charge on any atom is -0.353 e. The van der Waals surface area contributed by atoms with Crippen molar-refractivity contribution in [3.05, 3.63) is 18.2 Å². The maximum absolute atomic E-state index is 11.5. The Hall–Kier alpha value is -1.36. The van der Waals surface area contributed by atoms with E-state index in [-0.39, 0.29) is 5.91 Å². The van der Waals surface area contributed by atoms with Gasteiger partial charge in [0, 0.05) is 37.8 Å². The number of imidazole rings is 1. The lowest BCUT2D eigenvalue weighted by molar-refractivity contribution is -0.121. The normalized spacial score (nSPS) is 15.1. The van der Waals surface area contributed by atoms with Crippen LogP contribution in [0, 0.1) is 0 Å². The van der Waals surface area contributed by atoms with E-state index in [2.05, 4.69) is 29.5 Å². The van der Waals surface area contributed by atoms with E-state index in [1.807, 2.05) is 10.8 Å². The molecule has 18 heavy (non-hydrogen) atoms. The molecule has 2 rings (SSSR count). The maximum Gasteiger partial charge on any atom is 0.222 e. The molecule has 1 amide bonds. The second-order valence-electron chi connectivity index (χ2n) is 5.23. The molecule has 0 bridgehead atoms. The quantitative estimate of drug-likeness (QED) is 0.760.